The van der Waals surface area contributed by atoms with Crippen LogP contribution in [0.5, 0.6) is 0 Å². The molecular formula is C13H18N4O2S. The summed E-state index contributed by atoms with van der Waals surface area (Å²) in [4.78, 5) is 5.98. The van der Waals surface area contributed by atoms with Gasteiger partial charge in [0.05, 0.1) is 0 Å². The van der Waals surface area contributed by atoms with Crippen LogP contribution in [0.4, 0.5) is 0 Å². The molecule has 0 saturated carbocycles. The van der Waals surface area contributed by atoms with Gasteiger partial charge in [-0.15, -0.1) is 0 Å². The van der Waals surface area contributed by atoms with E-state index in [1.54, 1.807) is 6.07 Å². The van der Waals surface area contributed by atoms with Crippen molar-refractivity contribution in [3.8, 4) is 6.07 Å². The molecule has 1 aromatic heterocycles. The maximum Gasteiger partial charge on any atom is 0.243 e. The summed E-state index contributed by atoms with van der Waals surface area (Å²) in [5, 5.41) is 8.92. The van der Waals surface area contributed by atoms with Gasteiger partial charge in [-0.05, 0) is 45.0 Å². The Morgan fingerprint density at radius 2 is 2.20 bits per heavy atom. The van der Waals surface area contributed by atoms with Gasteiger partial charge in [0.1, 0.15) is 11.0 Å². The van der Waals surface area contributed by atoms with Crippen LogP contribution in [0.2, 0.25) is 0 Å². The monoisotopic (exact) mass is 294 g/mol. The van der Waals surface area contributed by atoms with E-state index in [-0.39, 0.29) is 16.6 Å². The van der Waals surface area contributed by atoms with E-state index in [9.17, 15) is 8.42 Å². The molecule has 1 saturated heterocycles. The maximum atomic E-state index is 12.2. The van der Waals surface area contributed by atoms with Gasteiger partial charge >= 0.3 is 0 Å². The highest BCUT2D eigenvalue weighted by Crippen LogP contribution is 2.14. The minimum Gasteiger partial charge on any atom is -0.299 e. The average Bonchev–Trinajstić information content (AvgIpc) is 2.99. The molecule has 20 heavy (non-hydrogen) atoms. The Bertz CT molecular complexity index is 603. The van der Waals surface area contributed by atoms with Gasteiger partial charge in [-0.2, -0.15) is 5.26 Å². The number of hydrogen-bond acceptors (Lipinski definition) is 5. The average molecular weight is 294 g/mol. The van der Waals surface area contributed by atoms with Crippen LogP contribution >= 0.6 is 0 Å². The van der Waals surface area contributed by atoms with Crippen LogP contribution in [0.25, 0.3) is 0 Å². The molecule has 0 aromatic carbocycles. The highest BCUT2D eigenvalue weighted by atomic mass is 32.2. The van der Waals surface area contributed by atoms with E-state index in [1.807, 2.05) is 6.92 Å². The third-order valence-electron chi connectivity index (χ3n) is 3.50. The predicted octanol–water partition coefficient (Wildman–Crippen LogP) is 0.716. The molecule has 2 rings (SSSR count). The molecule has 1 unspecified atom stereocenters. The van der Waals surface area contributed by atoms with Crippen LogP contribution in [0.15, 0.2) is 23.2 Å². The topological polar surface area (TPSA) is 86.1 Å². The van der Waals surface area contributed by atoms with E-state index in [2.05, 4.69) is 14.6 Å². The third-order valence-corrected chi connectivity index (χ3v) is 4.95. The molecule has 1 aliphatic rings. The van der Waals surface area contributed by atoms with E-state index >= 15 is 0 Å². The molecule has 0 aliphatic carbocycles. The van der Waals surface area contributed by atoms with Gasteiger partial charge in [-0.3, -0.25) is 4.90 Å². The predicted molar refractivity (Wildman–Crippen MR) is 74.4 cm³/mol. The molecule has 1 fully saturated rings. The first-order valence-corrected chi connectivity index (χ1v) is 8.12. The van der Waals surface area contributed by atoms with Gasteiger partial charge in [0.15, 0.2) is 5.69 Å². The van der Waals surface area contributed by atoms with Crippen LogP contribution in [0.1, 0.15) is 25.5 Å². The fourth-order valence-corrected chi connectivity index (χ4v) is 3.54. The van der Waals surface area contributed by atoms with Gasteiger partial charge in [0, 0.05) is 18.8 Å². The van der Waals surface area contributed by atoms with Crippen molar-refractivity contribution in [3.05, 3.63) is 24.0 Å². The van der Waals surface area contributed by atoms with E-state index in [0.717, 1.165) is 25.9 Å². The summed E-state index contributed by atoms with van der Waals surface area (Å²) in [5.74, 6) is 0. The Kier molecular flexibility index (Phi) is 4.70. The Labute approximate surface area is 119 Å². The standard InChI is InChI=1S/C13H18N4O2S/c1-11(17-7-2-3-8-17)10-16-20(18,19)13-5-4-6-15-12(13)9-14/h4-6,11,16H,2-3,7-8,10H2,1H3. The zero-order valence-electron chi connectivity index (χ0n) is 11.4. The van der Waals surface area contributed by atoms with Crippen molar-refractivity contribution < 1.29 is 8.42 Å². The first-order chi connectivity index (χ1) is 9.54. The quantitative estimate of drug-likeness (QED) is 0.864. The molecule has 7 heteroatoms. The van der Waals surface area contributed by atoms with Crippen LogP contribution in [0, 0.1) is 11.3 Å². The van der Waals surface area contributed by atoms with Crippen molar-refractivity contribution in [2.75, 3.05) is 19.6 Å². The largest absolute Gasteiger partial charge is 0.299 e. The van der Waals surface area contributed by atoms with Crippen LogP contribution in [-0.2, 0) is 10.0 Å². The molecule has 0 spiro atoms. The number of nitrogens with one attached hydrogen (secondary N) is 1. The summed E-state index contributed by atoms with van der Waals surface area (Å²) in [7, 11) is -3.69. The van der Waals surface area contributed by atoms with Crippen molar-refractivity contribution >= 4 is 10.0 Å². The van der Waals surface area contributed by atoms with Gasteiger partial charge in [0.2, 0.25) is 10.0 Å². The van der Waals surface area contributed by atoms with E-state index in [4.69, 9.17) is 5.26 Å². The summed E-state index contributed by atoms with van der Waals surface area (Å²) < 4.78 is 27.0. The summed E-state index contributed by atoms with van der Waals surface area (Å²) in [6.07, 6.45) is 3.74. The fraction of sp³-hybridized carbons (Fsp3) is 0.538. The second kappa shape index (κ2) is 6.31. The molecule has 0 radical (unpaired) electrons. The lowest BCUT2D eigenvalue weighted by Gasteiger charge is -2.23. The summed E-state index contributed by atoms with van der Waals surface area (Å²) in [6.45, 7) is 4.36. The SMILES string of the molecule is CC(CNS(=O)(=O)c1cccnc1C#N)N1CCCC1. The summed E-state index contributed by atoms with van der Waals surface area (Å²) in [5.41, 5.74) is -0.0752. The van der Waals surface area contributed by atoms with Crippen LogP contribution < -0.4 is 4.72 Å². The fourth-order valence-electron chi connectivity index (χ4n) is 2.31. The highest BCUT2D eigenvalue weighted by Gasteiger charge is 2.23. The van der Waals surface area contributed by atoms with E-state index < -0.39 is 10.0 Å². The summed E-state index contributed by atoms with van der Waals surface area (Å²) >= 11 is 0. The van der Waals surface area contributed by atoms with Crippen molar-refractivity contribution in [2.24, 2.45) is 0 Å². The second-order valence-corrected chi connectivity index (χ2v) is 6.64. The van der Waals surface area contributed by atoms with Gasteiger partial charge in [-0.1, -0.05) is 0 Å². The number of likely N-dealkylation sites (tertiary alicyclic amines) is 1. The number of sulfonamides is 1. The minimum absolute atomic E-state index is 0.0591. The molecule has 1 atom stereocenters. The lowest BCUT2D eigenvalue weighted by Crippen LogP contribution is -2.40. The van der Waals surface area contributed by atoms with Crippen molar-refractivity contribution in [2.45, 2.75) is 30.7 Å². The molecule has 0 bridgehead atoms. The van der Waals surface area contributed by atoms with Crippen molar-refractivity contribution in [3.63, 3.8) is 0 Å². The molecule has 1 aromatic rings. The van der Waals surface area contributed by atoms with Gasteiger partial charge in [0.25, 0.3) is 0 Å². The number of hydrogen-bond donors (Lipinski definition) is 1. The van der Waals surface area contributed by atoms with Crippen LogP contribution in [-0.4, -0.2) is 44.0 Å². The zero-order chi connectivity index (χ0) is 14.6. The minimum atomic E-state index is -3.69. The second-order valence-electron chi connectivity index (χ2n) is 4.91. The number of pyridine rings is 1. The summed E-state index contributed by atoms with van der Waals surface area (Å²) in [6, 6.07) is 4.86. The van der Waals surface area contributed by atoms with Gasteiger partial charge in [-0.25, -0.2) is 18.1 Å². The molecular weight excluding hydrogens is 276 g/mol. The maximum absolute atomic E-state index is 12.2. The number of aromatic nitrogens is 1. The molecule has 2 heterocycles. The molecule has 1 N–H and O–H groups in total. The number of rotatable bonds is 5. The Balaban J connectivity index is 2.06. The zero-order valence-corrected chi connectivity index (χ0v) is 12.2. The van der Waals surface area contributed by atoms with Crippen molar-refractivity contribution in [1.29, 1.82) is 5.26 Å². The first kappa shape index (κ1) is 14.9. The molecule has 6 nitrogen and oxygen atoms in total. The Morgan fingerprint density at radius 3 is 2.85 bits per heavy atom. The molecule has 1 aliphatic heterocycles. The number of nitrogens with zero attached hydrogens (tertiary/aromatic N) is 3. The Morgan fingerprint density at radius 1 is 1.50 bits per heavy atom. The van der Waals surface area contributed by atoms with E-state index in [1.165, 1.54) is 18.3 Å². The van der Waals surface area contributed by atoms with Gasteiger partial charge < -0.3 is 0 Å². The Hall–Kier alpha value is -1.49. The lowest BCUT2D eigenvalue weighted by molar-refractivity contribution is 0.260. The first-order valence-electron chi connectivity index (χ1n) is 6.63. The third kappa shape index (κ3) is 3.33. The normalized spacial score (nSPS) is 17.8. The lowest BCUT2D eigenvalue weighted by atomic mass is 10.3. The van der Waals surface area contributed by atoms with Crippen LogP contribution in [0.3, 0.4) is 0 Å². The molecule has 108 valence electrons. The van der Waals surface area contributed by atoms with E-state index in [0.29, 0.717) is 6.54 Å². The smallest absolute Gasteiger partial charge is 0.243 e. The van der Waals surface area contributed by atoms with Crippen molar-refractivity contribution in [1.82, 2.24) is 14.6 Å². The molecule has 0 amide bonds. The number of nitriles is 1. The highest BCUT2D eigenvalue weighted by molar-refractivity contribution is 7.89.